The molecule has 0 fully saturated rings. The van der Waals surface area contributed by atoms with Crippen molar-refractivity contribution in [1.82, 2.24) is 9.82 Å². The number of rotatable bonds is 9. The predicted molar refractivity (Wildman–Crippen MR) is 137 cm³/mol. The maximum absolute atomic E-state index is 12.3. The first-order chi connectivity index (χ1) is 16.7. The SMILES string of the molecule is CCOc1ccc2nc(Sc3ccc(/C=N\NS(=O)(=O)c4ccc(C)cc4)cc3[N+](=O)[O-])sc2c1. The molecule has 180 valence electrons. The number of ether oxygens (including phenoxy) is 1. The Bertz CT molecular complexity index is 1520. The van der Waals surface area contributed by atoms with Gasteiger partial charge in [-0.15, -0.1) is 11.3 Å². The molecule has 0 saturated carbocycles. The lowest BCUT2D eigenvalue weighted by molar-refractivity contribution is -0.387. The molecule has 3 aromatic carbocycles. The van der Waals surface area contributed by atoms with Crippen molar-refractivity contribution in [2.24, 2.45) is 5.10 Å². The number of nitro benzene ring substituents is 1. The first-order valence-electron chi connectivity index (χ1n) is 10.4. The van der Waals surface area contributed by atoms with Crippen LogP contribution >= 0.6 is 23.1 Å². The number of hydrogen-bond acceptors (Lipinski definition) is 9. The molecule has 0 aliphatic heterocycles. The van der Waals surface area contributed by atoms with Crippen LogP contribution in [0.1, 0.15) is 18.1 Å². The van der Waals surface area contributed by atoms with Gasteiger partial charge in [-0.05, 0) is 50.2 Å². The third-order valence-electron chi connectivity index (χ3n) is 4.75. The zero-order valence-corrected chi connectivity index (χ0v) is 21.1. The first kappa shape index (κ1) is 24.6. The van der Waals surface area contributed by atoms with Crippen molar-refractivity contribution in [3.8, 4) is 5.75 Å². The second-order valence-corrected chi connectivity index (χ2v) is 11.3. The Kier molecular flexibility index (Phi) is 7.34. The molecule has 0 unspecified atom stereocenters. The Morgan fingerprint density at radius 2 is 1.94 bits per heavy atom. The van der Waals surface area contributed by atoms with Crippen LogP contribution in [0.15, 0.2) is 79.9 Å². The molecule has 0 spiro atoms. The standard InChI is InChI=1S/C23H20N4O5S3/c1-3-32-17-7-10-19-22(13-17)34-23(25-19)33-21-11-6-16(12-20(21)27(28)29)14-24-26-35(30,31)18-8-4-15(2)5-9-18/h4-14,26H,3H2,1-2H3/b24-14-. The van der Waals surface area contributed by atoms with Crippen LogP contribution in [0.3, 0.4) is 0 Å². The van der Waals surface area contributed by atoms with Gasteiger partial charge in [0.2, 0.25) is 0 Å². The summed E-state index contributed by atoms with van der Waals surface area (Å²) in [7, 11) is -3.84. The van der Waals surface area contributed by atoms with E-state index in [9.17, 15) is 18.5 Å². The van der Waals surface area contributed by atoms with E-state index in [1.54, 1.807) is 24.3 Å². The second-order valence-electron chi connectivity index (χ2n) is 7.29. The maximum Gasteiger partial charge on any atom is 0.283 e. The fraction of sp³-hybridized carbons (Fsp3) is 0.130. The highest BCUT2D eigenvalue weighted by atomic mass is 32.2. The lowest BCUT2D eigenvalue weighted by Gasteiger charge is -2.04. The molecule has 0 amide bonds. The molecular weight excluding hydrogens is 508 g/mol. The summed E-state index contributed by atoms with van der Waals surface area (Å²) in [5.41, 5.74) is 1.96. The number of nitrogens with zero attached hydrogens (tertiary/aromatic N) is 3. The summed E-state index contributed by atoms with van der Waals surface area (Å²) < 4.78 is 31.8. The molecular formula is C23H20N4O5S3. The molecule has 0 saturated heterocycles. The minimum absolute atomic E-state index is 0.0715. The molecule has 1 aromatic heterocycles. The molecule has 0 aliphatic rings. The van der Waals surface area contributed by atoms with Gasteiger partial charge < -0.3 is 4.74 Å². The van der Waals surface area contributed by atoms with E-state index in [1.165, 1.54) is 47.5 Å². The van der Waals surface area contributed by atoms with Gasteiger partial charge in [0, 0.05) is 11.6 Å². The summed E-state index contributed by atoms with van der Waals surface area (Å²) in [4.78, 5) is 18.4. The molecule has 35 heavy (non-hydrogen) atoms. The largest absolute Gasteiger partial charge is 0.494 e. The smallest absolute Gasteiger partial charge is 0.283 e. The van der Waals surface area contributed by atoms with Crippen LogP contribution in [0.2, 0.25) is 0 Å². The highest BCUT2D eigenvalue weighted by Crippen LogP contribution is 2.39. The van der Waals surface area contributed by atoms with Gasteiger partial charge in [-0.2, -0.15) is 13.5 Å². The van der Waals surface area contributed by atoms with Crippen LogP contribution in [-0.2, 0) is 10.0 Å². The van der Waals surface area contributed by atoms with E-state index in [0.717, 1.165) is 21.5 Å². The average Bonchev–Trinajstić information content (AvgIpc) is 3.22. The number of fused-ring (bicyclic) bond motifs is 1. The van der Waals surface area contributed by atoms with Crippen molar-refractivity contribution >= 4 is 55.2 Å². The van der Waals surface area contributed by atoms with Gasteiger partial charge >= 0.3 is 0 Å². The van der Waals surface area contributed by atoms with Crippen LogP contribution in [0.5, 0.6) is 5.75 Å². The summed E-state index contributed by atoms with van der Waals surface area (Å²) >= 11 is 2.61. The van der Waals surface area contributed by atoms with Crippen molar-refractivity contribution in [2.45, 2.75) is 28.0 Å². The number of benzene rings is 3. The molecule has 1 heterocycles. The summed E-state index contributed by atoms with van der Waals surface area (Å²) in [5, 5.41) is 15.5. The van der Waals surface area contributed by atoms with Crippen molar-refractivity contribution in [1.29, 1.82) is 0 Å². The highest BCUT2D eigenvalue weighted by Gasteiger charge is 2.18. The van der Waals surface area contributed by atoms with E-state index in [4.69, 9.17) is 4.74 Å². The van der Waals surface area contributed by atoms with Crippen LogP contribution in [0.4, 0.5) is 5.69 Å². The minimum Gasteiger partial charge on any atom is -0.494 e. The first-order valence-corrected chi connectivity index (χ1v) is 13.5. The normalized spacial score (nSPS) is 11.7. The Morgan fingerprint density at radius 3 is 2.66 bits per heavy atom. The van der Waals surface area contributed by atoms with E-state index in [-0.39, 0.29) is 10.6 Å². The van der Waals surface area contributed by atoms with E-state index in [0.29, 0.717) is 21.4 Å². The summed E-state index contributed by atoms with van der Waals surface area (Å²) in [6.45, 7) is 4.32. The summed E-state index contributed by atoms with van der Waals surface area (Å²) in [6, 6.07) is 16.5. The number of aryl methyl sites for hydroxylation is 1. The Morgan fingerprint density at radius 1 is 1.17 bits per heavy atom. The van der Waals surface area contributed by atoms with E-state index < -0.39 is 14.9 Å². The van der Waals surface area contributed by atoms with Gasteiger partial charge in [-0.1, -0.05) is 35.5 Å². The van der Waals surface area contributed by atoms with Crippen molar-refractivity contribution in [2.75, 3.05) is 6.61 Å². The highest BCUT2D eigenvalue weighted by molar-refractivity contribution is 8.01. The van der Waals surface area contributed by atoms with Gasteiger partial charge in [0.15, 0.2) is 4.34 Å². The van der Waals surface area contributed by atoms with E-state index in [2.05, 4.69) is 14.9 Å². The number of hydrazone groups is 1. The number of aromatic nitrogens is 1. The molecule has 0 aliphatic carbocycles. The molecule has 0 atom stereocenters. The van der Waals surface area contributed by atoms with Crippen LogP contribution < -0.4 is 9.57 Å². The van der Waals surface area contributed by atoms with Crippen LogP contribution in [0, 0.1) is 17.0 Å². The maximum atomic E-state index is 12.3. The zero-order valence-electron chi connectivity index (χ0n) is 18.7. The van der Waals surface area contributed by atoms with Gasteiger partial charge in [0.25, 0.3) is 15.7 Å². The predicted octanol–water partition coefficient (Wildman–Crippen LogP) is 5.38. The number of nitro groups is 1. The number of thiazole rings is 1. The van der Waals surface area contributed by atoms with Crippen molar-refractivity contribution in [3.63, 3.8) is 0 Å². The number of sulfonamides is 1. The zero-order chi connectivity index (χ0) is 25.0. The number of nitrogens with one attached hydrogen (secondary N) is 1. The summed E-state index contributed by atoms with van der Waals surface area (Å²) in [6.07, 6.45) is 1.22. The molecule has 0 radical (unpaired) electrons. The van der Waals surface area contributed by atoms with Gasteiger partial charge in [-0.25, -0.2) is 9.82 Å². The van der Waals surface area contributed by atoms with E-state index >= 15 is 0 Å². The Labute approximate surface area is 210 Å². The molecule has 12 heteroatoms. The van der Waals surface area contributed by atoms with Gasteiger partial charge in [0.05, 0.1) is 37.8 Å². The van der Waals surface area contributed by atoms with Crippen LogP contribution in [0.25, 0.3) is 10.2 Å². The van der Waals surface area contributed by atoms with E-state index in [1.807, 2.05) is 32.0 Å². The average molecular weight is 529 g/mol. The molecule has 9 nitrogen and oxygen atoms in total. The molecule has 4 rings (SSSR count). The molecule has 1 N–H and O–H groups in total. The Balaban J connectivity index is 1.52. The van der Waals surface area contributed by atoms with Gasteiger partial charge in [-0.3, -0.25) is 10.1 Å². The second kappa shape index (κ2) is 10.4. The fourth-order valence-electron chi connectivity index (χ4n) is 3.06. The third-order valence-corrected chi connectivity index (χ3v) is 8.13. The van der Waals surface area contributed by atoms with Crippen molar-refractivity contribution in [3.05, 3.63) is 81.9 Å². The van der Waals surface area contributed by atoms with Crippen molar-refractivity contribution < 1.29 is 18.1 Å². The molecule has 0 bridgehead atoms. The fourth-order valence-corrected chi connectivity index (χ4v) is 5.99. The number of hydrogen-bond donors (Lipinski definition) is 1. The quantitative estimate of drug-likeness (QED) is 0.176. The molecule has 4 aromatic rings. The van der Waals surface area contributed by atoms with Crippen LogP contribution in [-0.4, -0.2) is 31.1 Å². The topological polar surface area (TPSA) is 124 Å². The Hall–Kier alpha value is -3.48. The lowest BCUT2D eigenvalue weighted by atomic mass is 10.2. The summed E-state index contributed by atoms with van der Waals surface area (Å²) in [5.74, 6) is 0.743. The minimum atomic E-state index is -3.84. The third kappa shape index (κ3) is 5.96. The van der Waals surface area contributed by atoms with Gasteiger partial charge in [0.1, 0.15) is 5.75 Å². The lowest BCUT2D eigenvalue weighted by Crippen LogP contribution is -2.18. The monoisotopic (exact) mass is 528 g/mol.